The van der Waals surface area contributed by atoms with Crippen molar-refractivity contribution < 1.29 is 27.0 Å². The van der Waals surface area contributed by atoms with Gasteiger partial charge in [-0.25, -0.2) is 9.69 Å². The fourth-order valence-corrected chi connectivity index (χ4v) is 5.13. The Morgan fingerprint density at radius 2 is 1.61 bits per heavy atom. The molecule has 1 N–H and O–H groups in total. The minimum atomic E-state index is -4.14. The summed E-state index contributed by atoms with van der Waals surface area (Å²) in [6.07, 6.45) is 1.28. The van der Waals surface area contributed by atoms with Gasteiger partial charge >= 0.3 is 16.1 Å². The second-order valence-corrected chi connectivity index (χ2v) is 10.8. The van der Waals surface area contributed by atoms with Gasteiger partial charge in [-0.3, -0.25) is 14.9 Å². The molecule has 36 heavy (non-hydrogen) atoms. The van der Waals surface area contributed by atoms with E-state index in [0.29, 0.717) is 21.2 Å². The van der Waals surface area contributed by atoms with Crippen LogP contribution in [-0.4, -0.2) is 26.3 Å². The summed E-state index contributed by atoms with van der Waals surface area (Å²) < 4.78 is 30.6. The predicted octanol–water partition coefficient (Wildman–Crippen LogP) is 5.50. The highest BCUT2D eigenvalue weighted by Gasteiger charge is 2.37. The Morgan fingerprint density at radius 3 is 2.28 bits per heavy atom. The number of anilines is 1. The number of halogens is 3. The molecule has 12 heteroatoms. The number of imide groups is 2. The van der Waals surface area contributed by atoms with E-state index in [9.17, 15) is 22.8 Å². The molecule has 0 bridgehead atoms. The number of aryl methyl sites for hydroxylation is 1. The number of benzene rings is 3. The Morgan fingerprint density at radius 1 is 0.944 bits per heavy atom. The number of barbiturate groups is 1. The van der Waals surface area contributed by atoms with Gasteiger partial charge in [0.05, 0.1) is 10.2 Å². The van der Waals surface area contributed by atoms with Gasteiger partial charge in [-0.1, -0.05) is 35.3 Å². The number of amides is 4. The van der Waals surface area contributed by atoms with Gasteiger partial charge < -0.3 is 4.18 Å². The van der Waals surface area contributed by atoms with Gasteiger partial charge in [-0.15, -0.1) is 0 Å². The number of nitrogens with zero attached hydrogens (tertiary/aromatic N) is 1. The van der Waals surface area contributed by atoms with Crippen molar-refractivity contribution in [3.63, 3.8) is 0 Å². The number of carbonyl (C=O) groups excluding carboxylic acids is 3. The summed E-state index contributed by atoms with van der Waals surface area (Å²) in [4.78, 5) is 38.8. The van der Waals surface area contributed by atoms with Crippen LogP contribution in [0.15, 0.2) is 75.6 Å². The SMILES string of the molecule is Cc1ccc(Cl)cc1N1C(=O)NC(=O)/C(=C\c2ccc(OS(=O)(=O)c3ccc(Cl)cc3)c(Br)c2)C1=O. The van der Waals surface area contributed by atoms with E-state index in [2.05, 4.69) is 21.2 Å². The first kappa shape index (κ1) is 25.9. The number of carbonyl (C=O) groups is 3. The van der Waals surface area contributed by atoms with Crippen molar-refractivity contribution in [1.82, 2.24) is 5.32 Å². The normalized spacial score (nSPS) is 15.3. The van der Waals surface area contributed by atoms with E-state index in [4.69, 9.17) is 27.4 Å². The van der Waals surface area contributed by atoms with Crippen molar-refractivity contribution in [3.05, 3.63) is 91.9 Å². The third kappa shape index (κ3) is 5.31. The van der Waals surface area contributed by atoms with Crippen LogP contribution in [0.4, 0.5) is 10.5 Å². The number of nitrogens with one attached hydrogen (secondary N) is 1. The average molecular weight is 610 g/mol. The van der Waals surface area contributed by atoms with Crippen LogP contribution in [0.5, 0.6) is 5.75 Å². The summed E-state index contributed by atoms with van der Waals surface area (Å²) in [7, 11) is -4.14. The van der Waals surface area contributed by atoms with Crippen LogP contribution < -0.4 is 14.4 Å². The number of hydrogen-bond acceptors (Lipinski definition) is 6. The summed E-state index contributed by atoms with van der Waals surface area (Å²) in [5, 5.41) is 2.83. The van der Waals surface area contributed by atoms with Crippen LogP contribution in [0.25, 0.3) is 6.08 Å². The predicted molar refractivity (Wildman–Crippen MR) is 139 cm³/mol. The molecule has 1 fully saturated rings. The zero-order chi connectivity index (χ0) is 26.2. The van der Waals surface area contributed by atoms with Crippen molar-refractivity contribution in [3.8, 4) is 5.75 Å². The second kappa shape index (κ2) is 10.1. The molecule has 184 valence electrons. The van der Waals surface area contributed by atoms with Gasteiger partial charge in [0.1, 0.15) is 10.5 Å². The molecule has 8 nitrogen and oxygen atoms in total. The molecule has 1 aliphatic heterocycles. The van der Waals surface area contributed by atoms with Crippen LogP contribution in [0.2, 0.25) is 10.0 Å². The lowest BCUT2D eigenvalue weighted by Crippen LogP contribution is -2.54. The monoisotopic (exact) mass is 608 g/mol. The van der Waals surface area contributed by atoms with E-state index < -0.39 is 28.0 Å². The molecule has 0 spiro atoms. The minimum absolute atomic E-state index is 0.0159. The highest BCUT2D eigenvalue weighted by Crippen LogP contribution is 2.31. The van der Waals surface area contributed by atoms with Crippen molar-refractivity contribution in [2.75, 3.05) is 4.90 Å². The first-order chi connectivity index (χ1) is 17.0. The van der Waals surface area contributed by atoms with Gasteiger partial charge in [0.15, 0.2) is 5.75 Å². The molecule has 3 aromatic carbocycles. The molecule has 1 saturated heterocycles. The maximum Gasteiger partial charge on any atom is 0.339 e. The fraction of sp³-hybridized carbons (Fsp3) is 0.0417. The second-order valence-electron chi connectivity index (χ2n) is 7.57. The van der Waals surface area contributed by atoms with E-state index in [1.807, 2.05) is 0 Å². The maximum atomic E-state index is 13.1. The molecular formula is C24H15BrCl2N2O6S. The topological polar surface area (TPSA) is 110 Å². The summed E-state index contributed by atoms with van der Waals surface area (Å²) >= 11 is 15.1. The van der Waals surface area contributed by atoms with E-state index in [0.717, 1.165) is 4.90 Å². The fourth-order valence-electron chi connectivity index (χ4n) is 3.31. The minimum Gasteiger partial charge on any atom is -0.378 e. The zero-order valence-electron chi connectivity index (χ0n) is 18.3. The van der Waals surface area contributed by atoms with Crippen LogP contribution in [0.3, 0.4) is 0 Å². The van der Waals surface area contributed by atoms with E-state index >= 15 is 0 Å². The lowest BCUT2D eigenvalue weighted by molar-refractivity contribution is -0.122. The molecule has 1 heterocycles. The van der Waals surface area contributed by atoms with Gasteiger partial charge in [0.25, 0.3) is 11.8 Å². The van der Waals surface area contributed by atoms with Crippen molar-refractivity contribution in [1.29, 1.82) is 0 Å². The average Bonchev–Trinajstić information content (AvgIpc) is 2.80. The van der Waals surface area contributed by atoms with E-state index in [1.54, 1.807) is 19.1 Å². The van der Waals surface area contributed by atoms with Gasteiger partial charge in [-0.05, 0) is 88.6 Å². The molecule has 0 aromatic heterocycles. The van der Waals surface area contributed by atoms with Crippen LogP contribution >= 0.6 is 39.1 Å². The largest absolute Gasteiger partial charge is 0.378 e. The highest BCUT2D eigenvalue weighted by atomic mass is 79.9. The van der Waals surface area contributed by atoms with Gasteiger partial charge in [-0.2, -0.15) is 8.42 Å². The number of urea groups is 1. The molecule has 1 aliphatic rings. The molecular weight excluding hydrogens is 595 g/mol. The van der Waals surface area contributed by atoms with E-state index in [1.165, 1.54) is 54.6 Å². The molecule has 4 amide bonds. The first-order valence-corrected chi connectivity index (χ1v) is 13.1. The van der Waals surface area contributed by atoms with Gasteiger partial charge in [0, 0.05) is 10.0 Å². The zero-order valence-corrected chi connectivity index (χ0v) is 22.2. The first-order valence-electron chi connectivity index (χ1n) is 10.1. The van der Waals surface area contributed by atoms with Crippen molar-refractivity contribution in [2.45, 2.75) is 11.8 Å². The van der Waals surface area contributed by atoms with E-state index in [-0.39, 0.29) is 26.4 Å². The lowest BCUT2D eigenvalue weighted by atomic mass is 10.1. The molecule has 4 rings (SSSR count). The number of hydrogen-bond donors (Lipinski definition) is 1. The van der Waals surface area contributed by atoms with Crippen molar-refractivity contribution >= 4 is 78.9 Å². The molecule has 0 unspecified atom stereocenters. The summed E-state index contributed by atoms with van der Waals surface area (Å²) in [6, 6.07) is 13.6. The Balaban J connectivity index is 1.64. The Bertz CT molecular complexity index is 1560. The Kier molecular flexibility index (Phi) is 7.24. The molecule has 0 atom stereocenters. The highest BCUT2D eigenvalue weighted by molar-refractivity contribution is 9.10. The molecule has 0 aliphatic carbocycles. The Labute approximate surface area is 224 Å². The molecule has 3 aromatic rings. The lowest BCUT2D eigenvalue weighted by Gasteiger charge is -2.27. The van der Waals surface area contributed by atoms with Gasteiger partial charge in [0.2, 0.25) is 0 Å². The van der Waals surface area contributed by atoms with Crippen LogP contribution in [0, 0.1) is 6.92 Å². The van der Waals surface area contributed by atoms with Crippen molar-refractivity contribution in [2.24, 2.45) is 0 Å². The maximum absolute atomic E-state index is 13.1. The third-order valence-electron chi connectivity index (χ3n) is 5.08. The summed E-state index contributed by atoms with van der Waals surface area (Å²) in [6.45, 7) is 1.69. The molecule has 0 radical (unpaired) electrons. The Hall–Kier alpha value is -3.18. The number of rotatable bonds is 5. The summed E-state index contributed by atoms with van der Waals surface area (Å²) in [5.74, 6) is -1.73. The summed E-state index contributed by atoms with van der Waals surface area (Å²) in [5.41, 5.74) is 0.903. The van der Waals surface area contributed by atoms with Crippen LogP contribution in [-0.2, 0) is 19.7 Å². The standard InChI is InChI=1S/C24H15BrCl2N2O6S/c1-13-2-4-16(27)12-20(13)29-23(31)18(22(30)28-24(29)32)10-14-3-9-21(19(25)11-14)35-36(33,34)17-7-5-15(26)6-8-17/h2-12H,1H3,(H,28,30,32)/b18-10+. The smallest absolute Gasteiger partial charge is 0.339 e. The van der Waals surface area contributed by atoms with Crippen LogP contribution in [0.1, 0.15) is 11.1 Å². The quantitative estimate of drug-likeness (QED) is 0.232. The molecule has 0 saturated carbocycles. The third-order valence-corrected chi connectivity index (χ3v) is 7.44.